The normalized spacial score (nSPS) is 19.2. The van der Waals surface area contributed by atoms with Crippen LogP contribution in [0.15, 0.2) is 42.5 Å². The molecule has 1 atom stereocenters. The Morgan fingerprint density at radius 2 is 1.93 bits per heavy atom. The number of fused-ring (bicyclic) bond motifs is 1. The second-order valence-corrected chi connectivity index (χ2v) is 7.35. The topological polar surface area (TPSA) is 48.0 Å². The Labute approximate surface area is 166 Å². The molecule has 5 nitrogen and oxygen atoms in total. The van der Waals surface area contributed by atoms with Crippen molar-refractivity contribution in [2.75, 3.05) is 32.9 Å². The highest BCUT2D eigenvalue weighted by Crippen LogP contribution is 2.37. The Morgan fingerprint density at radius 3 is 2.79 bits per heavy atom. The first kappa shape index (κ1) is 18.8. The van der Waals surface area contributed by atoms with Gasteiger partial charge in [-0.2, -0.15) is 0 Å². The van der Waals surface area contributed by atoms with Gasteiger partial charge in [0.25, 0.3) is 0 Å². The van der Waals surface area contributed by atoms with Gasteiger partial charge in [-0.3, -0.25) is 9.69 Å². The molecule has 148 valence electrons. The van der Waals surface area contributed by atoms with E-state index in [0.29, 0.717) is 37.2 Å². The van der Waals surface area contributed by atoms with Crippen LogP contribution in [-0.2, 0) is 0 Å². The van der Waals surface area contributed by atoms with Crippen molar-refractivity contribution in [2.45, 2.75) is 32.2 Å². The quantitative estimate of drug-likeness (QED) is 0.700. The third-order valence-corrected chi connectivity index (χ3v) is 5.42. The molecule has 0 aromatic heterocycles. The van der Waals surface area contributed by atoms with Crippen molar-refractivity contribution in [3.05, 3.63) is 53.6 Å². The second-order valence-electron chi connectivity index (χ2n) is 7.35. The summed E-state index contributed by atoms with van der Waals surface area (Å²) in [6, 6.07) is 14.1. The monoisotopic (exact) mass is 381 g/mol. The highest BCUT2D eigenvalue weighted by Gasteiger charge is 2.27. The minimum atomic E-state index is 0.0295. The third-order valence-electron chi connectivity index (χ3n) is 5.42. The number of ketones is 1. The van der Waals surface area contributed by atoms with Gasteiger partial charge in [0.05, 0.1) is 18.8 Å². The van der Waals surface area contributed by atoms with E-state index in [1.54, 1.807) is 6.92 Å². The number of hydrogen-bond acceptors (Lipinski definition) is 5. The van der Waals surface area contributed by atoms with Crippen LogP contribution in [0, 0.1) is 0 Å². The molecule has 0 amide bonds. The molecule has 0 N–H and O–H groups in total. The maximum Gasteiger partial charge on any atom is 0.163 e. The fourth-order valence-corrected chi connectivity index (χ4v) is 4.01. The first-order valence-electron chi connectivity index (χ1n) is 10.1. The van der Waals surface area contributed by atoms with Crippen LogP contribution < -0.4 is 14.2 Å². The Balaban J connectivity index is 1.41. The number of carbonyl (C=O) groups is 1. The molecule has 5 heteroatoms. The maximum atomic E-state index is 11.8. The van der Waals surface area contributed by atoms with E-state index in [1.807, 2.05) is 30.3 Å². The molecular formula is C23H27NO4. The molecule has 1 saturated heterocycles. The summed E-state index contributed by atoms with van der Waals surface area (Å²) in [5, 5.41) is 0. The van der Waals surface area contributed by atoms with Crippen molar-refractivity contribution in [1.29, 1.82) is 0 Å². The summed E-state index contributed by atoms with van der Waals surface area (Å²) < 4.78 is 17.6. The van der Waals surface area contributed by atoms with Gasteiger partial charge in [0.15, 0.2) is 17.3 Å². The molecule has 2 aromatic carbocycles. The molecule has 2 aliphatic rings. The summed E-state index contributed by atoms with van der Waals surface area (Å²) >= 11 is 0. The van der Waals surface area contributed by atoms with Crippen LogP contribution >= 0.6 is 0 Å². The van der Waals surface area contributed by atoms with Gasteiger partial charge in [0, 0.05) is 19.0 Å². The van der Waals surface area contributed by atoms with Crippen molar-refractivity contribution in [3.8, 4) is 17.2 Å². The second kappa shape index (κ2) is 8.65. The summed E-state index contributed by atoms with van der Waals surface area (Å²) in [6.07, 6.45) is 3.21. The van der Waals surface area contributed by atoms with Gasteiger partial charge in [-0.05, 0) is 56.1 Å². The van der Waals surface area contributed by atoms with E-state index in [-0.39, 0.29) is 5.78 Å². The van der Waals surface area contributed by atoms with Gasteiger partial charge in [-0.25, -0.2) is 0 Å². The number of benzene rings is 2. The van der Waals surface area contributed by atoms with Crippen molar-refractivity contribution >= 4 is 5.78 Å². The number of rotatable bonds is 6. The average molecular weight is 381 g/mol. The Bertz CT molecular complexity index is 835. The first-order chi connectivity index (χ1) is 13.7. The number of hydrogen-bond donors (Lipinski definition) is 0. The molecule has 0 saturated carbocycles. The van der Waals surface area contributed by atoms with Crippen LogP contribution in [0.4, 0.5) is 0 Å². The van der Waals surface area contributed by atoms with Gasteiger partial charge in [0.1, 0.15) is 12.4 Å². The standard InChI is InChI=1S/C23H27NO4/c1-17(25)19-6-2-3-8-21(19)28-15-12-24-11-4-7-20(24)18-9-10-22-23(16-18)27-14-5-13-26-22/h2-3,6,8-10,16,20H,4-5,7,11-15H2,1H3/t20-/m1/s1. The zero-order chi connectivity index (χ0) is 19.3. The molecule has 0 radical (unpaired) electrons. The number of likely N-dealkylation sites (tertiary alicyclic amines) is 1. The van der Waals surface area contributed by atoms with Gasteiger partial charge >= 0.3 is 0 Å². The zero-order valence-electron chi connectivity index (χ0n) is 16.4. The van der Waals surface area contributed by atoms with Crippen LogP contribution in [0.5, 0.6) is 17.2 Å². The van der Waals surface area contributed by atoms with E-state index >= 15 is 0 Å². The average Bonchev–Trinajstić information content (AvgIpc) is 3.04. The van der Waals surface area contributed by atoms with Crippen molar-refractivity contribution in [2.24, 2.45) is 0 Å². The fourth-order valence-electron chi connectivity index (χ4n) is 4.01. The predicted octanol–water partition coefficient (Wildman–Crippen LogP) is 4.27. The van der Waals surface area contributed by atoms with E-state index < -0.39 is 0 Å². The first-order valence-corrected chi connectivity index (χ1v) is 10.1. The molecule has 0 spiro atoms. The minimum absolute atomic E-state index is 0.0295. The zero-order valence-corrected chi connectivity index (χ0v) is 16.4. The van der Waals surface area contributed by atoms with E-state index in [1.165, 1.54) is 12.0 Å². The third kappa shape index (κ3) is 4.14. The Hall–Kier alpha value is -2.53. The number of nitrogens with zero attached hydrogens (tertiary/aromatic N) is 1. The highest BCUT2D eigenvalue weighted by atomic mass is 16.5. The Morgan fingerprint density at radius 1 is 1.11 bits per heavy atom. The number of para-hydroxylation sites is 1. The lowest BCUT2D eigenvalue weighted by atomic mass is 10.0. The van der Waals surface area contributed by atoms with Gasteiger partial charge in [-0.1, -0.05) is 18.2 Å². The van der Waals surface area contributed by atoms with Crippen LogP contribution in [0.1, 0.15) is 48.1 Å². The molecule has 0 unspecified atom stereocenters. The number of carbonyl (C=O) groups excluding carboxylic acids is 1. The summed E-state index contributed by atoms with van der Waals surface area (Å²) in [5.74, 6) is 2.40. The largest absolute Gasteiger partial charge is 0.491 e. The van der Waals surface area contributed by atoms with Crippen LogP contribution in [0.3, 0.4) is 0 Å². The fraction of sp³-hybridized carbons (Fsp3) is 0.435. The van der Waals surface area contributed by atoms with E-state index in [2.05, 4.69) is 17.0 Å². The van der Waals surface area contributed by atoms with E-state index in [4.69, 9.17) is 14.2 Å². The lowest BCUT2D eigenvalue weighted by Gasteiger charge is -2.25. The van der Waals surface area contributed by atoms with Gasteiger partial charge in [-0.15, -0.1) is 0 Å². The predicted molar refractivity (Wildman–Crippen MR) is 108 cm³/mol. The van der Waals surface area contributed by atoms with E-state index in [0.717, 1.165) is 37.4 Å². The molecule has 0 aliphatic carbocycles. The van der Waals surface area contributed by atoms with E-state index in [9.17, 15) is 4.79 Å². The smallest absolute Gasteiger partial charge is 0.163 e. The molecular weight excluding hydrogens is 354 g/mol. The minimum Gasteiger partial charge on any atom is -0.491 e. The lowest BCUT2D eigenvalue weighted by Crippen LogP contribution is -2.28. The Kier molecular flexibility index (Phi) is 5.81. The molecule has 0 bridgehead atoms. The number of Topliss-reactive ketones (excluding diaryl/α,β-unsaturated/α-hetero) is 1. The SMILES string of the molecule is CC(=O)c1ccccc1OCCN1CCC[C@@H]1c1ccc2c(c1)OCCCO2. The molecule has 2 heterocycles. The lowest BCUT2D eigenvalue weighted by molar-refractivity contribution is 0.101. The van der Waals surface area contributed by atoms with Crippen LogP contribution in [-0.4, -0.2) is 43.6 Å². The van der Waals surface area contributed by atoms with Crippen LogP contribution in [0.25, 0.3) is 0 Å². The molecule has 2 aromatic rings. The number of ether oxygens (including phenoxy) is 3. The summed E-state index contributed by atoms with van der Waals surface area (Å²) in [4.78, 5) is 14.2. The highest BCUT2D eigenvalue weighted by molar-refractivity contribution is 5.96. The van der Waals surface area contributed by atoms with Gasteiger partial charge < -0.3 is 14.2 Å². The summed E-state index contributed by atoms with van der Waals surface area (Å²) in [7, 11) is 0. The van der Waals surface area contributed by atoms with Crippen molar-refractivity contribution < 1.29 is 19.0 Å². The molecule has 1 fully saturated rings. The summed E-state index contributed by atoms with van der Waals surface area (Å²) in [5.41, 5.74) is 1.91. The van der Waals surface area contributed by atoms with Crippen LogP contribution in [0.2, 0.25) is 0 Å². The summed E-state index contributed by atoms with van der Waals surface area (Å²) in [6.45, 7) is 5.42. The van der Waals surface area contributed by atoms with Crippen molar-refractivity contribution in [1.82, 2.24) is 4.90 Å². The van der Waals surface area contributed by atoms with Gasteiger partial charge in [0.2, 0.25) is 0 Å². The molecule has 28 heavy (non-hydrogen) atoms. The molecule has 2 aliphatic heterocycles. The van der Waals surface area contributed by atoms with Crippen molar-refractivity contribution in [3.63, 3.8) is 0 Å². The maximum absolute atomic E-state index is 11.8. The molecule has 4 rings (SSSR count).